The number of ether oxygens (including phenoxy) is 1. The van der Waals surface area contributed by atoms with E-state index in [0.717, 1.165) is 30.4 Å². The minimum atomic E-state index is -0.440. The summed E-state index contributed by atoms with van der Waals surface area (Å²) in [6, 6.07) is 13.6. The zero-order chi connectivity index (χ0) is 24.1. The molecule has 2 atom stereocenters. The number of carbonyl (C=O) groups excluding carboxylic acids is 1. The number of likely N-dealkylation sites (tertiary alicyclic amines) is 1. The van der Waals surface area contributed by atoms with Crippen LogP contribution in [0.2, 0.25) is 0 Å². The zero-order valence-electron chi connectivity index (χ0n) is 19.7. The Balaban J connectivity index is 1.59. The number of halogens is 1. The largest absolute Gasteiger partial charge is 0.497 e. The van der Waals surface area contributed by atoms with E-state index in [-0.39, 0.29) is 17.8 Å². The van der Waals surface area contributed by atoms with Gasteiger partial charge in [-0.15, -0.1) is 10.2 Å². The van der Waals surface area contributed by atoms with Gasteiger partial charge in [-0.25, -0.2) is 4.39 Å². The molecule has 1 aromatic heterocycles. The van der Waals surface area contributed by atoms with Crippen molar-refractivity contribution in [1.29, 1.82) is 0 Å². The number of thioether (sulfide) groups is 1. The van der Waals surface area contributed by atoms with Crippen molar-refractivity contribution in [3.8, 4) is 11.4 Å². The van der Waals surface area contributed by atoms with Crippen molar-refractivity contribution < 1.29 is 13.9 Å². The standard InChI is InChI=1S/C25H30FN5O2S/c1-17(30-15-5-4-6-16-30)23-28-29-25(31(23)21-11-13-22(33-3)14-12-21)34-18(2)24(32)27-20-9-7-19(26)8-10-20/h7-14,17-18H,4-6,15-16H2,1-3H3,(H,27,32). The van der Waals surface area contributed by atoms with Crippen LogP contribution in [-0.4, -0.2) is 51.0 Å². The number of rotatable bonds is 8. The molecule has 0 bridgehead atoms. The molecule has 3 aromatic rings. The molecule has 0 aliphatic carbocycles. The molecule has 2 heterocycles. The van der Waals surface area contributed by atoms with Crippen molar-refractivity contribution in [3.63, 3.8) is 0 Å². The maximum atomic E-state index is 13.2. The molecule has 2 unspecified atom stereocenters. The first-order valence-corrected chi connectivity index (χ1v) is 12.4. The van der Waals surface area contributed by atoms with Gasteiger partial charge in [0.1, 0.15) is 11.6 Å². The Kier molecular flexibility index (Phi) is 7.84. The van der Waals surface area contributed by atoms with E-state index in [1.807, 2.05) is 35.8 Å². The highest BCUT2D eigenvalue weighted by Crippen LogP contribution is 2.32. The molecule has 1 amide bonds. The molecule has 1 aliphatic heterocycles. The lowest BCUT2D eigenvalue weighted by molar-refractivity contribution is -0.115. The minimum absolute atomic E-state index is 0.0904. The van der Waals surface area contributed by atoms with Crippen molar-refractivity contribution in [1.82, 2.24) is 19.7 Å². The lowest BCUT2D eigenvalue weighted by Gasteiger charge is -2.32. The molecule has 1 N–H and O–H groups in total. The number of nitrogens with zero attached hydrogens (tertiary/aromatic N) is 4. The molecule has 180 valence electrons. The van der Waals surface area contributed by atoms with Crippen molar-refractivity contribution in [2.75, 3.05) is 25.5 Å². The summed E-state index contributed by atoms with van der Waals surface area (Å²) in [7, 11) is 1.64. The average molecular weight is 484 g/mol. The summed E-state index contributed by atoms with van der Waals surface area (Å²) in [5, 5.41) is 12.1. The van der Waals surface area contributed by atoms with E-state index in [0.29, 0.717) is 10.8 Å². The van der Waals surface area contributed by atoms with Crippen LogP contribution in [0.4, 0.5) is 10.1 Å². The van der Waals surface area contributed by atoms with Crippen molar-refractivity contribution in [3.05, 3.63) is 60.2 Å². The Morgan fingerprint density at radius 3 is 2.35 bits per heavy atom. The fourth-order valence-electron chi connectivity index (χ4n) is 4.06. The van der Waals surface area contributed by atoms with Crippen LogP contribution in [-0.2, 0) is 4.79 Å². The number of benzene rings is 2. The molecule has 9 heteroatoms. The van der Waals surface area contributed by atoms with E-state index in [2.05, 4.69) is 27.3 Å². The first-order chi connectivity index (χ1) is 16.5. The van der Waals surface area contributed by atoms with Crippen LogP contribution in [0, 0.1) is 5.82 Å². The van der Waals surface area contributed by atoms with Gasteiger partial charge >= 0.3 is 0 Å². The topological polar surface area (TPSA) is 72.3 Å². The zero-order valence-corrected chi connectivity index (χ0v) is 20.5. The Morgan fingerprint density at radius 2 is 1.71 bits per heavy atom. The van der Waals surface area contributed by atoms with Gasteiger partial charge in [-0.05, 0) is 88.3 Å². The van der Waals surface area contributed by atoms with Crippen LogP contribution in [0.3, 0.4) is 0 Å². The highest BCUT2D eigenvalue weighted by atomic mass is 32.2. The number of methoxy groups -OCH3 is 1. The Morgan fingerprint density at radius 1 is 1.03 bits per heavy atom. The molecule has 1 fully saturated rings. The van der Waals surface area contributed by atoms with Crippen LogP contribution < -0.4 is 10.1 Å². The third kappa shape index (κ3) is 5.59. The second-order valence-electron chi connectivity index (χ2n) is 8.40. The smallest absolute Gasteiger partial charge is 0.237 e. The molecule has 34 heavy (non-hydrogen) atoms. The SMILES string of the molecule is COc1ccc(-n2c(SC(C)C(=O)Nc3ccc(F)cc3)nnc2C(C)N2CCCCC2)cc1. The average Bonchev–Trinajstić information content (AvgIpc) is 3.28. The van der Waals surface area contributed by atoms with Gasteiger partial charge in [0.25, 0.3) is 0 Å². The highest BCUT2D eigenvalue weighted by Gasteiger charge is 2.27. The number of piperidine rings is 1. The highest BCUT2D eigenvalue weighted by molar-refractivity contribution is 8.00. The van der Waals surface area contributed by atoms with Crippen LogP contribution in [0.5, 0.6) is 5.75 Å². The van der Waals surface area contributed by atoms with Gasteiger partial charge in [0, 0.05) is 11.4 Å². The van der Waals surface area contributed by atoms with Crippen LogP contribution in [0.1, 0.15) is 45.0 Å². The van der Waals surface area contributed by atoms with E-state index >= 15 is 0 Å². The summed E-state index contributed by atoms with van der Waals surface area (Å²) < 4.78 is 20.5. The number of hydrogen-bond donors (Lipinski definition) is 1. The minimum Gasteiger partial charge on any atom is -0.497 e. The van der Waals surface area contributed by atoms with E-state index in [4.69, 9.17) is 4.74 Å². The Bertz CT molecular complexity index is 1100. The molecule has 4 rings (SSSR count). The van der Waals surface area contributed by atoms with E-state index < -0.39 is 5.25 Å². The van der Waals surface area contributed by atoms with Gasteiger partial charge < -0.3 is 10.1 Å². The van der Waals surface area contributed by atoms with E-state index in [1.165, 1.54) is 43.2 Å². The van der Waals surface area contributed by atoms with Crippen LogP contribution >= 0.6 is 11.8 Å². The van der Waals surface area contributed by atoms with Gasteiger partial charge in [0.15, 0.2) is 11.0 Å². The maximum Gasteiger partial charge on any atom is 0.237 e. The molecule has 1 aliphatic rings. The third-order valence-electron chi connectivity index (χ3n) is 6.06. The van der Waals surface area contributed by atoms with Gasteiger partial charge in [-0.3, -0.25) is 14.3 Å². The first-order valence-electron chi connectivity index (χ1n) is 11.5. The van der Waals surface area contributed by atoms with Crippen LogP contribution in [0.25, 0.3) is 5.69 Å². The van der Waals surface area contributed by atoms with Crippen LogP contribution in [0.15, 0.2) is 53.7 Å². The first kappa shape index (κ1) is 24.2. The third-order valence-corrected chi connectivity index (χ3v) is 7.11. The summed E-state index contributed by atoms with van der Waals surface area (Å²) in [5.41, 5.74) is 1.47. The number of hydrogen-bond acceptors (Lipinski definition) is 6. The Labute approximate surface area is 203 Å². The fraction of sp³-hybridized carbons (Fsp3) is 0.400. The molecular formula is C25H30FN5O2S. The lowest BCUT2D eigenvalue weighted by Crippen LogP contribution is -2.33. The number of carbonyl (C=O) groups is 1. The summed E-state index contributed by atoms with van der Waals surface area (Å²) in [5.74, 6) is 1.08. The second kappa shape index (κ2) is 11.0. The summed E-state index contributed by atoms with van der Waals surface area (Å²) in [6.45, 7) is 6.06. The summed E-state index contributed by atoms with van der Waals surface area (Å²) in [6.07, 6.45) is 3.63. The molecule has 0 saturated carbocycles. The fourth-order valence-corrected chi connectivity index (χ4v) is 4.93. The van der Waals surface area contributed by atoms with Gasteiger partial charge in [-0.2, -0.15) is 0 Å². The predicted octanol–water partition coefficient (Wildman–Crippen LogP) is 5.08. The van der Waals surface area contributed by atoms with E-state index in [1.54, 1.807) is 19.2 Å². The molecular weight excluding hydrogens is 453 g/mol. The van der Waals surface area contributed by atoms with Crippen molar-refractivity contribution in [2.45, 2.75) is 49.6 Å². The summed E-state index contributed by atoms with van der Waals surface area (Å²) in [4.78, 5) is 15.3. The molecule has 0 spiro atoms. The maximum absolute atomic E-state index is 13.2. The second-order valence-corrected chi connectivity index (χ2v) is 9.71. The lowest BCUT2D eigenvalue weighted by atomic mass is 10.1. The number of anilines is 1. The van der Waals surface area contributed by atoms with E-state index in [9.17, 15) is 9.18 Å². The normalized spacial score (nSPS) is 16.1. The number of nitrogens with one attached hydrogen (secondary N) is 1. The van der Waals surface area contributed by atoms with Gasteiger partial charge in [0.05, 0.1) is 18.4 Å². The van der Waals surface area contributed by atoms with Gasteiger partial charge in [-0.1, -0.05) is 18.2 Å². The quantitative estimate of drug-likeness (QED) is 0.451. The Hall–Kier alpha value is -2.91. The van der Waals surface area contributed by atoms with Crippen molar-refractivity contribution >= 4 is 23.4 Å². The molecule has 2 aromatic carbocycles. The molecule has 7 nitrogen and oxygen atoms in total. The number of amides is 1. The molecule has 1 saturated heterocycles. The summed E-state index contributed by atoms with van der Waals surface area (Å²) >= 11 is 1.34. The molecule has 0 radical (unpaired) electrons. The van der Waals surface area contributed by atoms with Gasteiger partial charge in [0.2, 0.25) is 5.91 Å². The number of aromatic nitrogens is 3. The van der Waals surface area contributed by atoms with Crippen molar-refractivity contribution in [2.24, 2.45) is 0 Å². The monoisotopic (exact) mass is 483 g/mol. The predicted molar refractivity (Wildman–Crippen MR) is 132 cm³/mol.